The van der Waals surface area contributed by atoms with Crippen LogP contribution < -0.4 is 0 Å². The van der Waals surface area contributed by atoms with E-state index in [1.54, 1.807) is 0 Å². The summed E-state index contributed by atoms with van der Waals surface area (Å²) >= 11 is 7.73. The molecule has 0 unspecified atom stereocenters. The van der Waals surface area contributed by atoms with Crippen molar-refractivity contribution >= 4 is 191 Å². The standard InChI is InChI=1S/2C48H28S2/c1-2-13-30-26-32(25-24-29(30)12-1)31-14-11-15-33(27-31)44-36-18-3-5-20-38(36)45(39-21-6-4-19-37(39)44)46-47-40(34-16-7-9-22-42(34)49-47)28-41-35-17-8-10-23-43(35)50-48(41)46;1-2-13-30-26-32(25-24-29(30)12-1)31-14-11-15-33(27-31)44-35-17-3-5-19-37(35)45(38-20-6-4-18-36(38)44)41-28-40-34-16-7-9-22-42(34)49-47(40)48-46(41)39-21-8-10-23-43(39)50-48/h2*1-28H. The van der Waals surface area contributed by atoms with Crippen molar-refractivity contribution in [2.24, 2.45) is 0 Å². The van der Waals surface area contributed by atoms with Gasteiger partial charge < -0.3 is 0 Å². The molecule has 0 amide bonds. The molecule has 0 nitrogen and oxygen atoms in total. The molecule has 0 fully saturated rings. The Hall–Kier alpha value is -11.6. The van der Waals surface area contributed by atoms with Gasteiger partial charge in [-0.3, -0.25) is 0 Å². The molecule has 0 aliphatic carbocycles. The fraction of sp³-hybridized carbons (Fsp3) is 0. The van der Waals surface area contributed by atoms with Gasteiger partial charge in [-0.15, -0.1) is 45.3 Å². The third kappa shape index (κ3) is 9.01. The van der Waals surface area contributed by atoms with Gasteiger partial charge in [-0.1, -0.05) is 279 Å². The van der Waals surface area contributed by atoms with E-state index in [0.29, 0.717) is 0 Å². The van der Waals surface area contributed by atoms with E-state index in [-0.39, 0.29) is 0 Å². The van der Waals surface area contributed by atoms with Crippen LogP contribution >= 0.6 is 45.3 Å². The molecule has 0 spiro atoms. The highest BCUT2D eigenvalue weighted by Gasteiger charge is 2.26. The monoisotopic (exact) mass is 1340 g/mol. The average molecular weight is 1340 g/mol. The Morgan fingerprint density at radius 1 is 0.150 bits per heavy atom. The van der Waals surface area contributed by atoms with Crippen molar-refractivity contribution in [2.75, 3.05) is 0 Å². The van der Waals surface area contributed by atoms with E-state index in [2.05, 4.69) is 340 Å². The van der Waals surface area contributed by atoms with Crippen LogP contribution in [0.2, 0.25) is 0 Å². The Morgan fingerprint density at radius 3 is 0.900 bits per heavy atom. The van der Waals surface area contributed by atoms with Gasteiger partial charge in [0.1, 0.15) is 0 Å². The first kappa shape index (κ1) is 57.5. The molecule has 4 heteroatoms. The van der Waals surface area contributed by atoms with Crippen LogP contribution in [0.4, 0.5) is 0 Å². The molecule has 0 N–H and O–H groups in total. The van der Waals surface area contributed by atoms with E-state index in [1.165, 1.54) is 212 Å². The van der Waals surface area contributed by atoms with Crippen LogP contribution in [0.25, 0.3) is 212 Å². The number of fused-ring (bicyclic) bond motifs is 19. The van der Waals surface area contributed by atoms with Crippen molar-refractivity contribution < 1.29 is 0 Å². The van der Waals surface area contributed by atoms with Gasteiger partial charge in [0.05, 0.1) is 9.40 Å². The van der Waals surface area contributed by atoms with Gasteiger partial charge >= 0.3 is 0 Å². The molecule has 0 saturated carbocycles. The van der Waals surface area contributed by atoms with Crippen LogP contribution in [-0.2, 0) is 0 Å². The van der Waals surface area contributed by atoms with Crippen LogP contribution in [0.1, 0.15) is 0 Å². The summed E-state index contributed by atoms with van der Waals surface area (Å²) < 4.78 is 10.9. The molecule has 4 heterocycles. The van der Waals surface area contributed by atoms with E-state index in [0.717, 1.165) is 0 Å². The molecule has 22 aromatic rings. The van der Waals surface area contributed by atoms with E-state index in [1.807, 2.05) is 45.3 Å². The molecule has 0 saturated heterocycles. The molecule has 0 aliphatic heterocycles. The molecule has 100 heavy (non-hydrogen) atoms. The number of benzene rings is 18. The zero-order chi connectivity index (χ0) is 65.5. The summed E-state index contributed by atoms with van der Waals surface area (Å²) in [6.07, 6.45) is 0. The van der Waals surface area contributed by atoms with Gasteiger partial charge in [0.25, 0.3) is 0 Å². The lowest BCUT2D eigenvalue weighted by Gasteiger charge is -2.19. The second kappa shape index (κ2) is 23.0. The molecule has 22 rings (SSSR count). The Kier molecular flexibility index (Phi) is 13.2. The second-order valence-corrected chi connectivity index (χ2v) is 30.6. The summed E-state index contributed by atoms with van der Waals surface area (Å²) in [6.45, 7) is 0. The SMILES string of the molecule is c1cc(-c2ccc3ccccc3c2)cc(-c2c3ccccc3c(-c3c4sc5ccccc5c4cc4c3sc3ccccc34)c3ccccc23)c1.c1cc(-c2ccc3ccccc3c2)cc(-c2c3ccccc3c(-c3cc4c5ccccc5sc4c4sc5ccccc5c34)c3ccccc23)c1. The molecular formula is C96H56S4. The molecular weight excluding hydrogens is 1280 g/mol. The van der Waals surface area contributed by atoms with E-state index in [4.69, 9.17) is 0 Å². The molecule has 18 aromatic carbocycles. The van der Waals surface area contributed by atoms with Gasteiger partial charge in [0, 0.05) is 82.4 Å². The van der Waals surface area contributed by atoms with Gasteiger partial charge in [-0.05, 0) is 181 Å². The maximum absolute atomic E-state index is 2.50. The lowest BCUT2D eigenvalue weighted by molar-refractivity contribution is 1.63. The predicted octanol–water partition coefficient (Wildman–Crippen LogP) is 29.8. The van der Waals surface area contributed by atoms with Crippen LogP contribution in [-0.4, -0.2) is 0 Å². The minimum absolute atomic E-state index is 1.23. The average Bonchev–Trinajstić information content (AvgIpc) is 1.47. The van der Waals surface area contributed by atoms with Crippen molar-refractivity contribution in [2.45, 2.75) is 0 Å². The van der Waals surface area contributed by atoms with Crippen LogP contribution in [0, 0.1) is 0 Å². The maximum atomic E-state index is 2.50. The molecule has 0 aliphatic rings. The highest BCUT2D eigenvalue weighted by Crippen LogP contribution is 2.56. The van der Waals surface area contributed by atoms with Gasteiger partial charge in [-0.2, -0.15) is 0 Å². The predicted molar refractivity (Wildman–Crippen MR) is 442 cm³/mol. The summed E-state index contributed by atoms with van der Waals surface area (Å²) in [4.78, 5) is 0. The number of hydrogen-bond donors (Lipinski definition) is 0. The van der Waals surface area contributed by atoms with Crippen molar-refractivity contribution in [1.82, 2.24) is 0 Å². The first-order valence-electron chi connectivity index (χ1n) is 34.2. The summed E-state index contributed by atoms with van der Waals surface area (Å²) in [5, 5.41) is 26.1. The summed E-state index contributed by atoms with van der Waals surface area (Å²) in [5.74, 6) is 0. The Balaban J connectivity index is 0.000000131. The van der Waals surface area contributed by atoms with Crippen molar-refractivity contribution in [3.63, 3.8) is 0 Å². The topological polar surface area (TPSA) is 0 Å². The van der Waals surface area contributed by atoms with Gasteiger partial charge in [0.2, 0.25) is 0 Å². The minimum atomic E-state index is 1.23. The minimum Gasteiger partial charge on any atom is -0.134 e. The Labute approximate surface area is 592 Å². The Bertz CT molecular complexity index is 6970. The zero-order valence-electron chi connectivity index (χ0n) is 54.0. The summed E-state index contributed by atoms with van der Waals surface area (Å²) in [7, 11) is 0. The van der Waals surface area contributed by atoms with Crippen LogP contribution in [0.3, 0.4) is 0 Å². The lowest BCUT2D eigenvalue weighted by Crippen LogP contribution is -1.92. The fourth-order valence-corrected chi connectivity index (χ4v) is 21.5. The van der Waals surface area contributed by atoms with Crippen LogP contribution in [0.15, 0.2) is 340 Å². The van der Waals surface area contributed by atoms with Crippen molar-refractivity contribution in [3.8, 4) is 66.8 Å². The normalized spacial score (nSPS) is 12.0. The molecule has 0 atom stereocenters. The fourth-order valence-electron chi connectivity index (χ4n) is 16.4. The number of hydrogen-bond acceptors (Lipinski definition) is 4. The van der Waals surface area contributed by atoms with E-state index in [9.17, 15) is 0 Å². The van der Waals surface area contributed by atoms with Crippen molar-refractivity contribution in [1.29, 1.82) is 0 Å². The van der Waals surface area contributed by atoms with Crippen molar-refractivity contribution in [3.05, 3.63) is 340 Å². The third-order valence-electron chi connectivity index (χ3n) is 20.9. The quantitative estimate of drug-likeness (QED) is 0.146. The van der Waals surface area contributed by atoms with Gasteiger partial charge in [-0.25, -0.2) is 0 Å². The van der Waals surface area contributed by atoms with Gasteiger partial charge in [0.15, 0.2) is 0 Å². The van der Waals surface area contributed by atoms with E-state index >= 15 is 0 Å². The Morgan fingerprint density at radius 2 is 0.460 bits per heavy atom. The van der Waals surface area contributed by atoms with E-state index < -0.39 is 0 Å². The molecule has 464 valence electrons. The molecule has 0 radical (unpaired) electrons. The second-order valence-electron chi connectivity index (χ2n) is 26.4. The summed E-state index contributed by atoms with van der Waals surface area (Å²) in [5.41, 5.74) is 15.3. The molecule has 4 aromatic heterocycles. The van der Waals surface area contributed by atoms with Crippen LogP contribution in [0.5, 0.6) is 0 Å². The first-order chi connectivity index (χ1) is 49.6. The maximum Gasteiger partial charge on any atom is 0.0540 e. The largest absolute Gasteiger partial charge is 0.134 e. The summed E-state index contributed by atoms with van der Waals surface area (Å²) in [6, 6.07) is 126. The lowest BCUT2D eigenvalue weighted by atomic mass is 9.84. The third-order valence-corrected chi connectivity index (χ3v) is 25.8. The molecule has 0 bridgehead atoms. The zero-order valence-corrected chi connectivity index (χ0v) is 57.2. The first-order valence-corrected chi connectivity index (χ1v) is 37.4. The number of rotatable bonds is 6. The number of thiophene rings is 4. The highest BCUT2D eigenvalue weighted by atomic mass is 32.1. The highest BCUT2D eigenvalue weighted by molar-refractivity contribution is 7.33. The smallest absolute Gasteiger partial charge is 0.0540 e.